The number of aromatic amines is 1. The molecule has 1 aliphatic carbocycles. The number of nitrogens with zero attached hydrogens (tertiary/aromatic N) is 3. The highest BCUT2D eigenvalue weighted by molar-refractivity contribution is 6.00. The summed E-state index contributed by atoms with van der Waals surface area (Å²) in [5.74, 6) is 1.22. The largest absolute Gasteiger partial charge is 0.379 e. The Morgan fingerprint density at radius 2 is 1.91 bits per heavy atom. The molecule has 9 heteroatoms. The number of benzene rings is 1. The third-order valence-electron chi connectivity index (χ3n) is 7.94. The molecule has 2 atom stereocenters. The number of hydrogen-bond donors (Lipinski definition) is 2. The molecule has 2 aromatic rings. The van der Waals surface area contributed by atoms with E-state index in [2.05, 4.69) is 20.2 Å². The Bertz CT molecular complexity index is 1140. The van der Waals surface area contributed by atoms with E-state index in [1.54, 1.807) is 30.1 Å². The molecule has 2 N–H and O–H groups in total. The van der Waals surface area contributed by atoms with Crippen LogP contribution in [0.4, 0.5) is 0 Å². The van der Waals surface area contributed by atoms with Crippen LogP contribution in [0.1, 0.15) is 54.7 Å². The summed E-state index contributed by atoms with van der Waals surface area (Å²) in [7, 11) is 1.63. The number of fused-ring (bicyclic) bond motifs is 1. The molecule has 0 unspecified atom stereocenters. The quantitative estimate of drug-likeness (QED) is 0.676. The summed E-state index contributed by atoms with van der Waals surface area (Å²) in [4.78, 5) is 50.5. The Morgan fingerprint density at radius 1 is 1.14 bits per heavy atom. The second-order valence-electron chi connectivity index (χ2n) is 10.1. The standard InChI is InChI=1S/C26H35N5O4/c1-27-25(33)22-14-19(17-5-3-2-4-6-17)15-31(22)26(34)18-7-8-20-21(13-18)28-23(29-24(20)32)16-30-9-11-35-12-10-30/h7-8,13,17,19,22H,2-6,9-12,14-16H2,1H3,(H,27,33)(H,28,29,32)/t19-,22+/m1/s1. The Labute approximate surface area is 205 Å². The van der Waals surface area contributed by atoms with Gasteiger partial charge in [0.15, 0.2) is 0 Å². The van der Waals surface area contributed by atoms with Gasteiger partial charge in [-0.1, -0.05) is 32.1 Å². The van der Waals surface area contributed by atoms with Gasteiger partial charge in [0.1, 0.15) is 11.9 Å². The van der Waals surface area contributed by atoms with Gasteiger partial charge >= 0.3 is 0 Å². The first kappa shape index (κ1) is 23.9. The third-order valence-corrected chi connectivity index (χ3v) is 7.94. The van der Waals surface area contributed by atoms with E-state index in [-0.39, 0.29) is 17.4 Å². The van der Waals surface area contributed by atoms with Crippen molar-refractivity contribution in [3.63, 3.8) is 0 Å². The van der Waals surface area contributed by atoms with E-state index in [0.717, 1.165) is 13.1 Å². The van der Waals surface area contributed by atoms with E-state index in [0.29, 0.717) is 66.9 Å². The number of ether oxygens (including phenoxy) is 1. The van der Waals surface area contributed by atoms with Crippen molar-refractivity contribution in [2.45, 2.75) is 51.1 Å². The second-order valence-corrected chi connectivity index (χ2v) is 10.1. The van der Waals surface area contributed by atoms with E-state index >= 15 is 0 Å². The third kappa shape index (κ3) is 5.11. The summed E-state index contributed by atoms with van der Waals surface area (Å²) in [6, 6.07) is 4.58. The fourth-order valence-electron chi connectivity index (χ4n) is 5.99. The minimum absolute atomic E-state index is 0.111. The molecule has 35 heavy (non-hydrogen) atoms. The van der Waals surface area contributed by atoms with Crippen molar-refractivity contribution in [3.8, 4) is 0 Å². The van der Waals surface area contributed by atoms with Crippen LogP contribution in [0.25, 0.3) is 10.9 Å². The van der Waals surface area contributed by atoms with E-state index in [4.69, 9.17) is 4.74 Å². The number of carbonyl (C=O) groups excluding carboxylic acids is 2. The summed E-state index contributed by atoms with van der Waals surface area (Å²) in [6.07, 6.45) is 6.82. The predicted octanol–water partition coefficient (Wildman–Crippen LogP) is 1.91. The molecular weight excluding hydrogens is 446 g/mol. The van der Waals surface area contributed by atoms with Gasteiger partial charge in [-0.05, 0) is 36.5 Å². The van der Waals surface area contributed by atoms with Crippen molar-refractivity contribution in [2.24, 2.45) is 11.8 Å². The Balaban J connectivity index is 1.39. The molecule has 5 rings (SSSR count). The van der Waals surface area contributed by atoms with Crippen LogP contribution in [0.2, 0.25) is 0 Å². The number of likely N-dealkylation sites (N-methyl/N-ethyl adjacent to an activating group) is 1. The van der Waals surface area contributed by atoms with Gasteiger partial charge in [-0.25, -0.2) is 4.98 Å². The number of morpholine rings is 1. The molecule has 9 nitrogen and oxygen atoms in total. The zero-order chi connectivity index (χ0) is 24.4. The van der Waals surface area contributed by atoms with E-state index < -0.39 is 6.04 Å². The Kier molecular flexibility index (Phi) is 7.15. The number of hydrogen-bond acceptors (Lipinski definition) is 6. The summed E-state index contributed by atoms with van der Waals surface area (Å²) >= 11 is 0. The highest BCUT2D eigenvalue weighted by atomic mass is 16.5. The van der Waals surface area contributed by atoms with Crippen molar-refractivity contribution >= 4 is 22.7 Å². The summed E-state index contributed by atoms with van der Waals surface area (Å²) < 4.78 is 5.40. The topological polar surface area (TPSA) is 108 Å². The van der Waals surface area contributed by atoms with Crippen molar-refractivity contribution in [1.29, 1.82) is 0 Å². The van der Waals surface area contributed by atoms with Gasteiger partial charge in [0.25, 0.3) is 11.5 Å². The smallest absolute Gasteiger partial charge is 0.258 e. The van der Waals surface area contributed by atoms with E-state index in [1.165, 1.54) is 32.1 Å². The van der Waals surface area contributed by atoms with Crippen LogP contribution in [0.5, 0.6) is 0 Å². The lowest BCUT2D eigenvalue weighted by molar-refractivity contribution is -0.124. The monoisotopic (exact) mass is 481 g/mol. The lowest BCUT2D eigenvalue weighted by Crippen LogP contribution is -2.45. The molecule has 2 aliphatic heterocycles. The number of H-pyrrole nitrogens is 1. The molecule has 0 bridgehead atoms. The lowest BCUT2D eigenvalue weighted by atomic mass is 9.79. The van der Waals surface area contributed by atoms with Gasteiger partial charge < -0.3 is 19.9 Å². The summed E-state index contributed by atoms with van der Waals surface area (Å²) in [6.45, 7) is 4.04. The number of aromatic nitrogens is 2. The van der Waals surface area contributed by atoms with Crippen LogP contribution in [0.3, 0.4) is 0 Å². The van der Waals surface area contributed by atoms with Crippen LogP contribution >= 0.6 is 0 Å². The fourth-order valence-corrected chi connectivity index (χ4v) is 5.99. The van der Waals surface area contributed by atoms with Crippen molar-refractivity contribution in [1.82, 2.24) is 25.1 Å². The van der Waals surface area contributed by atoms with E-state index in [9.17, 15) is 14.4 Å². The van der Waals surface area contributed by atoms with Crippen molar-refractivity contribution in [2.75, 3.05) is 39.9 Å². The first-order valence-electron chi connectivity index (χ1n) is 12.9. The molecule has 3 heterocycles. The molecule has 2 amide bonds. The van der Waals surface area contributed by atoms with Crippen LogP contribution < -0.4 is 10.9 Å². The maximum atomic E-state index is 13.6. The Morgan fingerprint density at radius 3 is 2.66 bits per heavy atom. The predicted molar refractivity (Wildman–Crippen MR) is 132 cm³/mol. The minimum Gasteiger partial charge on any atom is -0.379 e. The SMILES string of the molecule is CNC(=O)[C@@H]1C[C@@H](C2CCCCC2)CN1C(=O)c1ccc2c(=O)[nH]c(CN3CCOCC3)nc2c1. The highest BCUT2D eigenvalue weighted by Crippen LogP contribution is 2.38. The molecule has 3 fully saturated rings. The van der Waals surface area contributed by atoms with Gasteiger partial charge in [-0.2, -0.15) is 0 Å². The first-order valence-corrected chi connectivity index (χ1v) is 12.9. The molecule has 1 saturated carbocycles. The minimum atomic E-state index is -0.459. The van der Waals surface area contributed by atoms with Gasteiger partial charge in [-0.15, -0.1) is 0 Å². The molecule has 1 aromatic carbocycles. The van der Waals surface area contributed by atoms with Gasteiger partial charge in [-0.3, -0.25) is 19.3 Å². The average Bonchev–Trinajstić information content (AvgIpc) is 3.34. The first-order chi connectivity index (χ1) is 17.0. The molecule has 188 valence electrons. The zero-order valence-electron chi connectivity index (χ0n) is 20.4. The summed E-state index contributed by atoms with van der Waals surface area (Å²) in [5.41, 5.74) is 0.757. The number of amides is 2. The number of nitrogens with one attached hydrogen (secondary N) is 2. The van der Waals surface area contributed by atoms with Crippen LogP contribution in [0.15, 0.2) is 23.0 Å². The molecular formula is C26H35N5O4. The number of likely N-dealkylation sites (tertiary alicyclic amines) is 1. The summed E-state index contributed by atoms with van der Waals surface area (Å²) in [5, 5.41) is 3.20. The normalized spacial score (nSPS) is 24.1. The van der Waals surface area contributed by atoms with Gasteiger partial charge in [0.05, 0.1) is 30.7 Å². The average molecular weight is 482 g/mol. The second kappa shape index (κ2) is 10.5. The van der Waals surface area contributed by atoms with Crippen molar-refractivity contribution < 1.29 is 14.3 Å². The van der Waals surface area contributed by atoms with E-state index in [1.807, 2.05) is 0 Å². The number of rotatable bonds is 5. The van der Waals surface area contributed by atoms with Crippen LogP contribution in [0, 0.1) is 11.8 Å². The molecule has 1 aromatic heterocycles. The molecule has 3 aliphatic rings. The van der Waals surface area contributed by atoms with Gasteiger partial charge in [0, 0.05) is 32.2 Å². The molecule has 2 saturated heterocycles. The van der Waals surface area contributed by atoms with Crippen molar-refractivity contribution in [3.05, 3.63) is 39.9 Å². The maximum Gasteiger partial charge on any atom is 0.258 e. The zero-order valence-corrected chi connectivity index (χ0v) is 20.4. The Hall–Kier alpha value is -2.78. The van der Waals surface area contributed by atoms with Crippen LogP contribution in [-0.4, -0.2) is 77.5 Å². The highest BCUT2D eigenvalue weighted by Gasteiger charge is 2.42. The molecule has 0 spiro atoms. The van der Waals surface area contributed by atoms with Crippen LogP contribution in [-0.2, 0) is 16.1 Å². The fraction of sp³-hybridized carbons (Fsp3) is 0.615. The lowest BCUT2D eigenvalue weighted by Gasteiger charge is -2.27. The maximum absolute atomic E-state index is 13.6. The van der Waals surface area contributed by atoms with Gasteiger partial charge in [0.2, 0.25) is 5.91 Å². The molecule has 0 radical (unpaired) electrons. The number of carbonyl (C=O) groups is 2.